The van der Waals surface area contributed by atoms with Gasteiger partial charge in [-0.3, -0.25) is 0 Å². The average Bonchev–Trinajstić information content (AvgIpc) is 1.62. The lowest BCUT2D eigenvalue weighted by molar-refractivity contribution is 0.669. The number of hydrogen-bond acceptors (Lipinski definition) is 2. The summed E-state index contributed by atoms with van der Waals surface area (Å²) in [5.41, 5.74) is 34.8. The van der Waals surface area contributed by atoms with Gasteiger partial charge in [0, 0.05) is 32.7 Å². The van der Waals surface area contributed by atoms with E-state index in [4.69, 9.17) is 8.83 Å². The summed E-state index contributed by atoms with van der Waals surface area (Å²) in [6.45, 7) is 21.6. The van der Waals surface area contributed by atoms with Crippen molar-refractivity contribution in [1.29, 1.82) is 0 Å². The fourth-order valence-corrected chi connectivity index (χ4v) is 12.3. The molecule has 0 spiro atoms. The van der Waals surface area contributed by atoms with Crippen molar-refractivity contribution in [2.75, 3.05) is 0 Å². The highest BCUT2D eigenvalue weighted by Gasteiger charge is 2.14. The van der Waals surface area contributed by atoms with Crippen LogP contribution in [0.15, 0.2) is 324 Å². The molecule has 14 aromatic carbocycles. The summed E-state index contributed by atoms with van der Waals surface area (Å²) in [7, 11) is 0. The highest BCUT2D eigenvalue weighted by Crippen LogP contribution is 2.38. The molecule has 0 unspecified atom stereocenters. The standard InChI is InChI=1S/2C20H18.2C19H14O.C16H18/c2*1-15-7-6-10-20(16(15)2)19-13-11-18(12-14-19)17-8-4-3-5-9-17;2*1-13-9-11-14(12-10-13)15-6-4-7-17-16-5-2-3-8-18(16)20-19(15)17;1-11-5-7-15(9-13(11)3)16-8-6-12(2)14(4)10-16/h2*3-14H,1-2H3;2*2-12H,1H3;5-10H,1-4H3. The Labute approximate surface area is 567 Å². The van der Waals surface area contributed by atoms with E-state index in [1.54, 1.807) is 0 Å². The van der Waals surface area contributed by atoms with Gasteiger partial charge in [0.25, 0.3) is 0 Å². The van der Waals surface area contributed by atoms with Gasteiger partial charge in [-0.05, 0) is 193 Å². The van der Waals surface area contributed by atoms with E-state index in [-0.39, 0.29) is 0 Å². The molecule has 0 fully saturated rings. The van der Waals surface area contributed by atoms with E-state index < -0.39 is 0 Å². The fraction of sp³-hybridized carbons (Fsp3) is 0.106. The quantitative estimate of drug-likeness (QED) is 0.159. The Morgan fingerprint density at radius 2 is 0.458 bits per heavy atom. The lowest BCUT2D eigenvalue weighted by Crippen LogP contribution is -1.87. The van der Waals surface area contributed by atoms with Gasteiger partial charge in [0.05, 0.1) is 0 Å². The first-order chi connectivity index (χ1) is 46.7. The molecule has 0 saturated carbocycles. The minimum atomic E-state index is 0.946. The molecule has 2 heterocycles. The molecule has 16 aromatic rings. The summed E-state index contributed by atoms with van der Waals surface area (Å²) in [5, 5.41) is 4.71. The molecule has 470 valence electrons. The van der Waals surface area contributed by atoms with E-state index >= 15 is 0 Å². The molecule has 0 aliphatic rings. The second-order valence-corrected chi connectivity index (χ2v) is 25.3. The van der Waals surface area contributed by atoms with Crippen LogP contribution in [0.25, 0.3) is 122 Å². The van der Waals surface area contributed by atoms with Crippen molar-refractivity contribution < 1.29 is 8.83 Å². The molecule has 0 amide bonds. The second-order valence-electron chi connectivity index (χ2n) is 25.3. The normalized spacial score (nSPS) is 10.8. The number of furan rings is 2. The number of hydrogen-bond donors (Lipinski definition) is 0. The van der Waals surface area contributed by atoms with Gasteiger partial charge in [-0.15, -0.1) is 0 Å². The van der Waals surface area contributed by atoms with Crippen LogP contribution in [-0.2, 0) is 0 Å². The first kappa shape index (κ1) is 64.8. The van der Waals surface area contributed by atoms with Gasteiger partial charge in [0.2, 0.25) is 0 Å². The van der Waals surface area contributed by atoms with E-state index in [2.05, 4.69) is 348 Å². The molecular formula is C94H82O2. The van der Waals surface area contributed by atoms with Gasteiger partial charge in [-0.2, -0.15) is 0 Å². The van der Waals surface area contributed by atoms with Crippen molar-refractivity contribution in [2.24, 2.45) is 0 Å². The molecule has 16 rings (SSSR count). The highest BCUT2D eigenvalue weighted by molar-refractivity contribution is 6.10. The van der Waals surface area contributed by atoms with Crippen molar-refractivity contribution >= 4 is 43.9 Å². The molecule has 0 aliphatic heterocycles. The smallest absolute Gasteiger partial charge is 0.143 e. The summed E-state index contributed by atoms with van der Waals surface area (Å²) in [6, 6.07) is 111. The van der Waals surface area contributed by atoms with Crippen molar-refractivity contribution in [2.45, 2.75) is 69.2 Å². The predicted molar refractivity (Wildman–Crippen MR) is 412 cm³/mol. The lowest BCUT2D eigenvalue weighted by Gasteiger charge is -2.09. The third kappa shape index (κ3) is 14.9. The van der Waals surface area contributed by atoms with E-state index in [1.807, 2.05) is 36.4 Å². The van der Waals surface area contributed by atoms with Gasteiger partial charge in [-0.25, -0.2) is 0 Å². The van der Waals surface area contributed by atoms with Crippen molar-refractivity contribution in [3.05, 3.63) is 371 Å². The third-order valence-corrected chi connectivity index (χ3v) is 18.7. The molecule has 0 atom stereocenters. The van der Waals surface area contributed by atoms with Crippen LogP contribution in [-0.4, -0.2) is 0 Å². The molecule has 96 heavy (non-hydrogen) atoms. The average molecular weight is 1240 g/mol. The number of aryl methyl sites for hydroxylation is 8. The van der Waals surface area contributed by atoms with Crippen LogP contribution in [0.5, 0.6) is 0 Å². The summed E-state index contributed by atoms with van der Waals surface area (Å²) in [4.78, 5) is 0. The molecule has 2 heteroatoms. The van der Waals surface area contributed by atoms with Crippen LogP contribution in [0.1, 0.15) is 55.6 Å². The Morgan fingerprint density at radius 1 is 0.177 bits per heavy atom. The van der Waals surface area contributed by atoms with E-state index in [9.17, 15) is 0 Å². The van der Waals surface area contributed by atoms with Gasteiger partial charge >= 0.3 is 0 Å². The molecule has 0 radical (unpaired) electrons. The Bertz CT molecular complexity index is 4940. The van der Waals surface area contributed by atoms with Gasteiger partial charge in [-0.1, -0.05) is 314 Å². The number of fused-ring (bicyclic) bond motifs is 6. The predicted octanol–water partition coefficient (Wildman–Crippen LogP) is 27.0. The molecule has 0 aliphatic carbocycles. The Balaban J connectivity index is 0.000000115. The summed E-state index contributed by atoms with van der Waals surface area (Å²) >= 11 is 0. The van der Waals surface area contributed by atoms with E-state index in [0.29, 0.717) is 0 Å². The van der Waals surface area contributed by atoms with E-state index in [1.165, 1.54) is 144 Å². The molecular weight excluding hydrogens is 1160 g/mol. The highest BCUT2D eigenvalue weighted by atomic mass is 16.3. The first-order valence-electron chi connectivity index (χ1n) is 33.3. The fourth-order valence-electron chi connectivity index (χ4n) is 12.3. The largest absolute Gasteiger partial charge is 0.455 e. The van der Waals surface area contributed by atoms with Crippen LogP contribution >= 0.6 is 0 Å². The van der Waals surface area contributed by atoms with Crippen molar-refractivity contribution in [3.8, 4) is 77.9 Å². The summed E-state index contributed by atoms with van der Waals surface area (Å²) < 4.78 is 12.1. The summed E-state index contributed by atoms with van der Waals surface area (Å²) in [6.07, 6.45) is 0. The lowest BCUT2D eigenvalue weighted by atomic mass is 9.95. The summed E-state index contributed by atoms with van der Waals surface area (Å²) in [5.74, 6) is 0. The third-order valence-electron chi connectivity index (χ3n) is 18.7. The molecule has 0 N–H and O–H groups in total. The Hall–Kier alpha value is -11.3. The molecule has 0 bridgehead atoms. The van der Waals surface area contributed by atoms with Crippen molar-refractivity contribution in [1.82, 2.24) is 0 Å². The minimum Gasteiger partial charge on any atom is -0.455 e. The molecule has 2 nitrogen and oxygen atoms in total. The maximum atomic E-state index is 6.07. The Morgan fingerprint density at radius 3 is 0.833 bits per heavy atom. The molecule has 2 aromatic heterocycles. The molecule has 0 saturated heterocycles. The van der Waals surface area contributed by atoms with E-state index in [0.717, 1.165) is 33.5 Å². The zero-order valence-electron chi connectivity index (χ0n) is 56.8. The maximum absolute atomic E-state index is 6.07. The maximum Gasteiger partial charge on any atom is 0.143 e. The topological polar surface area (TPSA) is 26.3 Å². The zero-order valence-corrected chi connectivity index (χ0v) is 56.8. The van der Waals surface area contributed by atoms with Gasteiger partial charge in [0.1, 0.15) is 22.3 Å². The van der Waals surface area contributed by atoms with Crippen LogP contribution in [0, 0.1) is 69.2 Å². The monoisotopic (exact) mass is 1240 g/mol. The van der Waals surface area contributed by atoms with Crippen LogP contribution < -0.4 is 0 Å². The van der Waals surface area contributed by atoms with Crippen LogP contribution in [0.3, 0.4) is 0 Å². The minimum absolute atomic E-state index is 0.946. The number of rotatable bonds is 7. The Kier molecular flexibility index (Phi) is 20.1. The van der Waals surface area contributed by atoms with Gasteiger partial charge in [0.15, 0.2) is 0 Å². The first-order valence-corrected chi connectivity index (χ1v) is 33.3. The van der Waals surface area contributed by atoms with Crippen LogP contribution in [0.4, 0.5) is 0 Å². The second kappa shape index (κ2) is 29.7. The zero-order chi connectivity index (χ0) is 66.7. The van der Waals surface area contributed by atoms with Crippen molar-refractivity contribution in [3.63, 3.8) is 0 Å². The number of benzene rings is 14. The number of para-hydroxylation sites is 4. The SMILES string of the molecule is Cc1ccc(-c2ccc(C)c(C)c2)cc1C.Cc1ccc(-c2cccc3c2oc2ccccc23)cc1.Cc1ccc(-c2cccc3c2oc2ccccc23)cc1.Cc1cccc(-c2ccc(-c3ccccc3)cc2)c1C.Cc1cccc(-c2ccc(-c3ccccc3)cc2)c1C. The van der Waals surface area contributed by atoms with Gasteiger partial charge < -0.3 is 8.83 Å². The van der Waals surface area contributed by atoms with Crippen LogP contribution in [0.2, 0.25) is 0 Å².